The number of hydrogen-bond donors (Lipinski definition) is 0. The van der Waals surface area contributed by atoms with Crippen LogP contribution in [0.5, 0.6) is 0 Å². The first-order valence-corrected chi connectivity index (χ1v) is 12.8. The van der Waals surface area contributed by atoms with Crippen LogP contribution in [0.15, 0.2) is 53.4 Å². The van der Waals surface area contributed by atoms with Gasteiger partial charge in [0.05, 0.1) is 21.8 Å². The van der Waals surface area contributed by atoms with Gasteiger partial charge in [0.1, 0.15) is 12.4 Å². The van der Waals surface area contributed by atoms with E-state index in [4.69, 9.17) is 4.74 Å². The summed E-state index contributed by atoms with van der Waals surface area (Å²) in [6.07, 6.45) is 1.72. The molecule has 7 nitrogen and oxygen atoms in total. The summed E-state index contributed by atoms with van der Waals surface area (Å²) in [7, 11) is -0.565. The van der Waals surface area contributed by atoms with Gasteiger partial charge in [0.2, 0.25) is 10.0 Å². The van der Waals surface area contributed by atoms with Crippen LogP contribution in [0.1, 0.15) is 50.9 Å². The van der Waals surface area contributed by atoms with Crippen LogP contribution >= 0.6 is 0 Å². The van der Waals surface area contributed by atoms with Crippen molar-refractivity contribution in [2.24, 2.45) is 5.92 Å². The molecular weight excluding hydrogens is 438 g/mol. The normalized spacial score (nSPS) is 13.9. The van der Waals surface area contributed by atoms with E-state index in [2.05, 4.69) is 25.8 Å². The fraction of sp³-hybridized carbons (Fsp3) is 0.440. The number of rotatable bonds is 10. The minimum absolute atomic E-state index is 0.0308. The number of ether oxygens (including phenoxy) is 1. The number of sulfonamides is 1. The molecule has 2 atom stereocenters. The van der Waals surface area contributed by atoms with Crippen molar-refractivity contribution < 1.29 is 17.9 Å². The van der Waals surface area contributed by atoms with E-state index in [0.717, 1.165) is 23.9 Å². The lowest BCUT2D eigenvalue weighted by atomic mass is 9.86. The molecule has 1 heterocycles. The number of imidazole rings is 1. The molecule has 0 fully saturated rings. The highest BCUT2D eigenvalue weighted by Crippen LogP contribution is 2.29. The quantitative estimate of drug-likeness (QED) is 0.405. The van der Waals surface area contributed by atoms with E-state index in [9.17, 15) is 13.2 Å². The predicted molar refractivity (Wildman–Crippen MR) is 129 cm³/mol. The van der Waals surface area contributed by atoms with Crippen molar-refractivity contribution in [3.8, 4) is 0 Å². The van der Waals surface area contributed by atoms with E-state index in [0.29, 0.717) is 17.9 Å². The first-order chi connectivity index (χ1) is 15.7. The van der Waals surface area contributed by atoms with E-state index in [1.54, 1.807) is 18.2 Å². The van der Waals surface area contributed by atoms with Gasteiger partial charge in [-0.25, -0.2) is 17.7 Å². The van der Waals surface area contributed by atoms with Gasteiger partial charge in [-0.1, -0.05) is 57.5 Å². The molecule has 0 bridgehead atoms. The van der Waals surface area contributed by atoms with Crippen LogP contribution in [0.2, 0.25) is 0 Å². The largest absolute Gasteiger partial charge is 0.457 e. The van der Waals surface area contributed by atoms with Crippen molar-refractivity contribution in [2.45, 2.75) is 57.6 Å². The summed E-state index contributed by atoms with van der Waals surface area (Å²) in [4.78, 5) is 17.9. The number of carbonyl (C=O) groups is 1. The summed E-state index contributed by atoms with van der Waals surface area (Å²) in [6, 6.07) is 14.6. The standard InChI is InChI=1S/C25H33N3O4S/c1-6-15-28-22-14-13-20(33(30,31)27(4)5)16-21(22)26-23(28)17-32-25(29)24(18(3)7-2)19-11-9-8-10-12-19/h8-14,16,18,24H,6-7,15,17H2,1-5H3. The summed E-state index contributed by atoms with van der Waals surface area (Å²) in [5.74, 6) is 0.113. The maximum atomic E-state index is 13.1. The zero-order valence-corrected chi connectivity index (χ0v) is 20.8. The van der Waals surface area contributed by atoms with Crippen molar-refractivity contribution in [1.29, 1.82) is 0 Å². The predicted octanol–water partition coefficient (Wildman–Crippen LogP) is 4.57. The number of nitrogens with zero attached hydrogens (tertiary/aromatic N) is 3. The first kappa shape index (κ1) is 24.9. The van der Waals surface area contributed by atoms with E-state index < -0.39 is 10.0 Å². The van der Waals surface area contributed by atoms with Crippen LogP contribution in [0.3, 0.4) is 0 Å². The topological polar surface area (TPSA) is 81.5 Å². The molecule has 178 valence electrons. The monoisotopic (exact) mass is 471 g/mol. The average Bonchev–Trinajstić information content (AvgIpc) is 3.15. The molecule has 33 heavy (non-hydrogen) atoms. The van der Waals surface area contributed by atoms with Crippen molar-refractivity contribution in [3.05, 3.63) is 59.9 Å². The number of esters is 1. The molecule has 0 spiro atoms. The second-order valence-electron chi connectivity index (χ2n) is 8.50. The molecule has 0 aliphatic rings. The highest BCUT2D eigenvalue weighted by atomic mass is 32.2. The Morgan fingerprint density at radius 1 is 1.12 bits per heavy atom. The molecule has 0 saturated heterocycles. The van der Waals surface area contributed by atoms with Crippen LogP contribution in [0.4, 0.5) is 0 Å². The van der Waals surface area contributed by atoms with Crippen LogP contribution in [-0.4, -0.2) is 42.3 Å². The van der Waals surface area contributed by atoms with Gasteiger partial charge in [-0.3, -0.25) is 4.79 Å². The molecule has 2 unspecified atom stereocenters. The lowest BCUT2D eigenvalue weighted by Crippen LogP contribution is -2.22. The van der Waals surface area contributed by atoms with E-state index >= 15 is 0 Å². The highest BCUT2D eigenvalue weighted by molar-refractivity contribution is 7.89. The number of hydrogen-bond acceptors (Lipinski definition) is 5. The Hall–Kier alpha value is -2.71. The molecular formula is C25H33N3O4S. The second-order valence-corrected chi connectivity index (χ2v) is 10.7. The third kappa shape index (κ3) is 5.28. The lowest BCUT2D eigenvalue weighted by Gasteiger charge is -2.22. The molecule has 0 amide bonds. The number of aryl methyl sites for hydroxylation is 1. The van der Waals surface area contributed by atoms with Gasteiger partial charge in [-0.2, -0.15) is 0 Å². The fourth-order valence-electron chi connectivity index (χ4n) is 3.93. The molecule has 0 aliphatic carbocycles. The minimum atomic E-state index is -3.57. The number of benzene rings is 2. The molecule has 0 saturated carbocycles. The summed E-state index contributed by atoms with van der Waals surface area (Å²) in [5.41, 5.74) is 2.33. The third-order valence-corrected chi connectivity index (χ3v) is 7.80. The molecule has 8 heteroatoms. The zero-order chi connectivity index (χ0) is 24.2. The SMILES string of the molecule is CCCn1c(COC(=O)C(c2ccccc2)C(C)CC)nc2cc(S(=O)(=O)N(C)C)ccc21. The highest BCUT2D eigenvalue weighted by Gasteiger charge is 2.28. The van der Waals surface area contributed by atoms with Crippen LogP contribution in [0.25, 0.3) is 11.0 Å². The molecule has 2 aromatic carbocycles. The lowest BCUT2D eigenvalue weighted by molar-refractivity contribution is -0.148. The fourth-order valence-corrected chi connectivity index (χ4v) is 4.85. The Kier molecular flexibility index (Phi) is 7.92. The smallest absolute Gasteiger partial charge is 0.314 e. The molecule has 3 aromatic rings. The van der Waals surface area contributed by atoms with Gasteiger partial charge < -0.3 is 9.30 Å². The average molecular weight is 472 g/mol. The number of aromatic nitrogens is 2. The Balaban J connectivity index is 1.91. The van der Waals surface area contributed by atoms with Crippen LogP contribution in [0, 0.1) is 5.92 Å². The Bertz CT molecular complexity index is 1200. The maximum Gasteiger partial charge on any atom is 0.314 e. The molecule has 3 rings (SSSR count). The van der Waals surface area contributed by atoms with Gasteiger partial charge in [-0.05, 0) is 36.1 Å². The van der Waals surface area contributed by atoms with E-state index in [1.807, 2.05) is 34.9 Å². The minimum Gasteiger partial charge on any atom is -0.457 e. The number of carbonyl (C=O) groups excluding carboxylic acids is 1. The zero-order valence-electron chi connectivity index (χ0n) is 20.0. The first-order valence-electron chi connectivity index (χ1n) is 11.3. The summed E-state index contributed by atoms with van der Waals surface area (Å²) in [5, 5.41) is 0. The van der Waals surface area contributed by atoms with Gasteiger partial charge >= 0.3 is 5.97 Å². The molecule has 1 aromatic heterocycles. The Morgan fingerprint density at radius 3 is 2.42 bits per heavy atom. The van der Waals surface area contributed by atoms with E-state index in [1.165, 1.54) is 18.4 Å². The number of fused-ring (bicyclic) bond motifs is 1. The molecule has 0 N–H and O–H groups in total. The van der Waals surface area contributed by atoms with Crippen LogP contribution in [-0.2, 0) is 32.7 Å². The maximum absolute atomic E-state index is 13.1. The van der Waals surface area contributed by atoms with Gasteiger partial charge in [-0.15, -0.1) is 0 Å². The van der Waals surface area contributed by atoms with Crippen LogP contribution < -0.4 is 0 Å². The Labute approximate surface area is 196 Å². The van der Waals surface area contributed by atoms with Crippen molar-refractivity contribution in [2.75, 3.05) is 14.1 Å². The summed E-state index contributed by atoms with van der Waals surface area (Å²) in [6.45, 7) is 6.90. The molecule has 0 radical (unpaired) electrons. The van der Waals surface area contributed by atoms with Gasteiger partial charge in [0, 0.05) is 20.6 Å². The summed E-state index contributed by atoms with van der Waals surface area (Å²) < 4.78 is 34.0. The van der Waals surface area contributed by atoms with Gasteiger partial charge in [0.15, 0.2) is 0 Å². The van der Waals surface area contributed by atoms with Gasteiger partial charge in [0.25, 0.3) is 0 Å². The van der Waals surface area contributed by atoms with Crippen molar-refractivity contribution in [3.63, 3.8) is 0 Å². The van der Waals surface area contributed by atoms with Crippen molar-refractivity contribution in [1.82, 2.24) is 13.9 Å². The third-order valence-electron chi connectivity index (χ3n) is 5.99. The Morgan fingerprint density at radius 2 is 1.82 bits per heavy atom. The van der Waals surface area contributed by atoms with Crippen molar-refractivity contribution >= 4 is 27.0 Å². The summed E-state index contributed by atoms with van der Waals surface area (Å²) >= 11 is 0. The second kappa shape index (κ2) is 10.5. The van der Waals surface area contributed by atoms with E-state index in [-0.39, 0.29) is 29.3 Å². The molecule has 0 aliphatic heterocycles.